The lowest BCUT2D eigenvalue weighted by Gasteiger charge is -2.38. The predicted molar refractivity (Wildman–Crippen MR) is 75.1 cm³/mol. The van der Waals surface area contributed by atoms with Gasteiger partial charge in [-0.05, 0) is 5.92 Å². The Labute approximate surface area is 123 Å². The van der Waals surface area contributed by atoms with Crippen molar-refractivity contribution in [1.29, 1.82) is 0 Å². The highest BCUT2D eigenvalue weighted by Gasteiger charge is 2.33. The molecule has 0 bridgehead atoms. The molecule has 0 unspecified atom stereocenters. The second kappa shape index (κ2) is 6.55. The minimum Gasteiger partial charge on any atom is -0.476 e. The number of hydrogen-bond donors (Lipinski definition) is 2. The summed E-state index contributed by atoms with van der Waals surface area (Å²) >= 11 is 0. The highest BCUT2D eigenvalue weighted by molar-refractivity contribution is 5.84. The Kier molecular flexibility index (Phi) is 4.77. The van der Waals surface area contributed by atoms with Crippen LogP contribution in [0.25, 0.3) is 0 Å². The van der Waals surface area contributed by atoms with E-state index in [9.17, 15) is 9.59 Å². The van der Waals surface area contributed by atoms with E-state index in [2.05, 4.69) is 29.5 Å². The number of carboxylic acid groups (broad SMARTS) is 1. The minimum absolute atomic E-state index is 0.00416. The Morgan fingerprint density at radius 1 is 1.43 bits per heavy atom. The second-order valence-electron chi connectivity index (χ2n) is 5.32. The van der Waals surface area contributed by atoms with Crippen LogP contribution in [0.2, 0.25) is 0 Å². The molecule has 0 aromatic carbocycles. The second-order valence-corrected chi connectivity index (χ2v) is 5.32. The highest BCUT2D eigenvalue weighted by Crippen LogP contribution is 2.20. The van der Waals surface area contributed by atoms with Crippen molar-refractivity contribution >= 4 is 12.0 Å². The zero-order valence-electron chi connectivity index (χ0n) is 12.3. The molecule has 0 radical (unpaired) electrons. The van der Waals surface area contributed by atoms with Crippen LogP contribution in [0.5, 0.6) is 0 Å². The third kappa shape index (κ3) is 3.50. The van der Waals surface area contributed by atoms with Crippen molar-refractivity contribution in [1.82, 2.24) is 25.2 Å². The van der Waals surface area contributed by atoms with Crippen molar-refractivity contribution in [2.45, 2.75) is 32.7 Å². The van der Waals surface area contributed by atoms with E-state index in [-0.39, 0.29) is 17.8 Å². The number of carboxylic acids is 1. The summed E-state index contributed by atoms with van der Waals surface area (Å²) in [7, 11) is 0. The number of carbonyl (C=O) groups excluding carboxylic acids is 1. The zero-order valence-corrected chi connectivity index (χ0v) is 12.3. The van der Waals surface area contributed by atoms with E-state index >= 15 is 0 Å². The van der Waals surface area contributed by atoms with Gasteiger partial charge in [-0.3, -0.25) is 0 Å². The van der Waals surface area contributed by atoms with Crippen LogP contribution in [0.3, 0.4) is 0 Å². The summed E-state index contributed by atoms with van der Waals surface area (Å²) in [5.41, 5.74) is -0.0772. The van der Waals surface area contributed by atoms with E-state index in [1.54, 1.807) is 4.90 Å². The molecule has 1 saturated heterocycles. The monoisotopic (exact) mass is 295 g/mol. The molecule has 2 N–H and O–H groups in total. The Hall–Kier alpha value is -2.12. The topological polar surface area (TPSA) is 100 Å². The van der Waals surface area contributed by atoms with Crippen LogP contribution in [0.1, 0.15) is 43.2 Å². The Bertz CT molecular complexity index is 506. The fourth-order valence-corrected chi connectivity index (χ4v) is 2.26. The smallest absolute Gasteiger partial charge is 0.358 e. The van der Waals surface area contributed by atoms with Crippen molar-refractivity contribution in [3.05, 3.63) is 11.9 Å². The number of aromatic nitrogens is 3. The number of rotatable bonds is 6. The molecular weight excluding hydrogens is 274 g/mol. The maximum absolute atomic E-state index is 11.9. The van der Waals surface area contributed by atoms with Gasteiger partial charge in [-0.1, -0.05) is 31.9 Å². The molecule has 0 spiro atoms. The summed E-state index contributed by atoms with van der Waals surface area (Å²) in [5, 5.41) is 19.1. The van der Waals surface area contributed by atoms with Gasteiger partial charge in [0.25, 0.3) is 0 Å². The first kappa shape index (κ1) is 15.3. The van der Waals surface area contributed by atoms with Gasteiger partial charge >= 0.3 is 12.0 Å². The predicted octanol–water partition coefficient (Wildman–Crippen LogP) is 0.979. The first-order valence-electron chi connectivity index (χ1n) is 7.23. The number of likely N-dealkylation sites (tertiary alicyclic amines) is 1. The molecule has 2 heterocycles. The normalized spacial score (nSPS) is 15.1. The molecule has 0 atom stereocenters. The van der Waals surface area contributed by atoms with Crippen molar-refractivity contribution < 1.29 is 14.7 Å². The van der Waals surface area contributed by atoms with Gasteiger partial charge in [-0.25, -0.2) is 14.3 Å². The third-order valence-corrected chi connectivity index (χ3v) is 3.95. The summed E-state index contributed by atoms with van der Waals surface area (Å²) in [4.78, 5) is 24.3. The van der Waals surface area contributed by atoms with E-state index in [0.29, 0.717) is 25.6 Å². The van der Waals surface area contributed by atoms with E-state index in [1.807, 2.05) is 0 Å². The van der Waals surface area contributed by atoms with Gasteiger partial charge in [-0.2, -0.15) is 0 Å². The van der Waals surface area contributed by atoms with E-state index in [0.717, 1.165) is 12.8 Å². The molecule has 2 amide bonds. The standard InChI is InChI=1S/C13H21N5O3/c1-3-9(4-2)5-14-13(21)17-6-10(7-17)18-8-11(12(19)20)15-16-18/h8-10H,3-7H2,1-2H3,(H,14,21)(H,19,20). The average molecular weight is 295 g/mol. The number of aromatic carboxylic acids is 1. The fourth-order valence-electron chi connectivity index (χ4n) is 2.26. The van der Waals surface area contributed by atoms with Crippen LogP contribution < -0.4 is 5.32 Å². The third-order valence-electron chi connectivity index (χ3n) is 3.95. The van der Waals surface area contributed by atoms with Crippen LogP contribution >= 0.6 is 0 Å². The summed E-state index contributed by atoms with van der Waals surface area (Å²) in [6, 6.07) is -0.0683. The van der Waals surface area contributed by atoms with Gasteiger partial charge in [0.1, 0.15) is 0 Å². The number of nitrogens with one attached hydrogen (secondary N) is 1. The summed E-state index contributed by atoms with van der Waals surface area (Å²) < 4.78 is 1.51. The maximum Gasteiger partial charge on any atom is 0.358 e. The zero-order chi connectivity index (χ0) is 15.4. The molecule has 1 aromatic heterocycles. The number of nitrogens with zero attached hydrogens (tertiary/aromatic N) is 4. The SMILES string of the molecule is CCC(CC)CNC(=O)N1CC(n2cc(C(=O)O)nn2)C1. The first-order valence-corrected chi connectivity index (χ1v) is 7.23. The molecule has 21 heavy (non-hydrogen) atoms. The van der Waals surface area contributed by atoms with Gasteiger partial charge in [0.2, 0.25) is 0 Å². The lowest BCUT2D eigenvalue weighted by Crippen LogP contribution is -2.54. The highest BCUT2D eigenvalue weighted by atomic mass is 16.4. The lowest BCUT2D eigenvalue weighted by atomic mass is 10.0. The van der Waals surface area contributed by atoms with E-state index in [1.165, 1.54) is 10.9 Å². The molecule has 1 aliphatic rings. The lowest BCUT2D eigenvalue weighted by molar-refractivity contribution is 0.0690. The van der Waals surface area contributed by atoms with Crippen LogP contribution in [-0.4, -0.2) is 56.6 Å². The molecular formula is C13H21N5O3. The quantitative estimate of drug-likeness (QED) is 0.814. The number of amides is 2. The molecule has 1 aliphatic heterocycles. The van der Waals surface area contributed by atoms with E-state index in [4.69, 9.17) is 5.11 Å². The molecule has 1 fully saturated rings. The Morgan fingerprint density at radius 3 is 2.62 bits per heavy atom. The minimum atomic E-state index is -1.10. The van der Waals surface area contributed by atoms with Crippen molar-refractivity contribution in [3.8, 4) is 0 Å². The maximum atomic E-state index is 11.9. The van der Waals surface area contributed by atoms with Crippen LogP contribution in [0, 0.1) is 5.92 Å². The van der Waals surface area contributed by atoms with Gasteiger partial charge in [0.05, 0.1) is 12.2 Å². The van der Waals surface area contributed by atoms with Crippen LogP contribution in [0.15, 0.2) is 6.20 Å². The van der Waals surface area contributed by atoms with Gasteiger partial charge in [-0.15, -0.1) is 5.10 Å². The summed E-state index contributed by atoms with van der Waals surface area (Å²) in [6.07, 6.45) is 3.50. The first-order chi connectivity index (χ1) is 10.0. The van der Waals surface area contributed by atoms with Gasteiger partial charge < -0.3 is 15.3 Å². The fraction of sp³-hybridized carbons (Fsp3) is 0.692. The molecule has 0 saturated carbocycles. The van der Waals surface area contributed by atoms with E-state index < -0.39 is 5.97 Å². The van der Waals surface area contributed by atoms with Crippen molar-refractivity contribution in [3.63, 3.8) is 0 Å². The molecule has 2 rings (SSSR count). The number of carbonyl (C=O) groups is 2. The molecule has 8 nitrogen and oxygen atoms in total. The average Bonchev–Trinajstić information content (AvgIpc) is 2.88. The Morgan fingerprint density at radius 2 is 2.10 bits per heavy atom. The van der Waals surface area contributed by atoms with Gasteiger partial charge in [0, 0.05) is 19.6 Å². The number of urea groups is 1. The van der Waals surface area contributed by atoms with Crippen molar-refractivity contribution in [2.24, 2.45) is 5.92 Å². The summed E-state index contributed by atoms with van der Waals surface area (Å²) in [6.45, 7) is 5.98. The molecule has 116 valence electrons. The Balaban J connectivity index is 1.77. The van der Waals surface area contributed by atoms with Crippen molar-refractivity contribution in [2.75, 3.05) is 19.6 Å². The van der Waals surface area contributed by atoms with Gasteiger partial charge in [0.15, 0.2) is 5.69 Å². The summed E-state index contributed by atoms with van der Waals surface area (Å²) in [5.74, 6) is -0.584. The van der Waals surface area contributed by atoms with Crippen LogP contribution in [0.4, 0.5) is 4.79 Å². The molecule has 8 heteroatoms. The largest absolute Gasteiger partial charge is 0.476 e. The molecule has 1 aromatic rings. The molecule has 0 aliphatic carbocycles. The van der Waals surface area contributed by atoms with Crippen LogP contribution in [-0.2, 0) is 0 Å². The number of hydrogen-bond acceptors (Lipinski definition) is 4.